The van der Waals surface area contributed by atoms with Crippen molar-refractivity contribution in [1.29, 1.82) is 0 Å². The highest BCUT2D eigenvalue weighted by molar-refractivity contribution is 6.02. The van der Waals surface area contributed by atoms with Crippen LogP contribution in [-0.4, -0.2) is 17.7 Å². The van der Waals surface area contributed by atoms with E-state index in [1.165, 1.54) is 0 Å². The molecule has 33 heavy (non-hydrogen) atoms. The third-order valence-electron chi connectivity index (χ3n) is 5.12. The van der Waals surface area contributed by atoms with Gasteiger partial charge in [0, 0.05) is 19.3 Å². The predicted molar refractivity (Wildman–Crippen MR) is 139 cm³/mol. The quantitative estimate of drug-likeness (QED) is 0.440. The zero-order chi connectivity index (χ0) is 25.9. The van der Waals surface area contributed by atoms with Crippen LogP contribution in [-0.2, 0) is 14.4 Å². The summed E-state index contributed by atoms with van der Waals surface area (Å²) in [7, 11) is 0. The molecule has 0 atom stereocenters. The lowest BCUT2D eigenvalue weighted by atomic mass is 9.90. The molecule has 0 saturated heterocycles. The number of hydrogen-bond acceptors (Lipinski definition) is 3. The number of carbonyl (C=O) groups is 3. The molecular weight excluding hydrogens is 414 g/mol. The fourth-order valence-corrected chi connectivity index (χ4v) is 3.78. The average molecular weight is 460 g/mol. The molecule has 6 heteroatoms. The minimum atomic E-state index is -0.163. The molecule has 0 aliphatic carbocycles. The van der Waals surface area contributed by atoms with Crippen LogP contribution in [0, 0.1) is 37.0 Å². The summed E-state index contributed by atoms with van der Waals surface area (Å²) in [6.07, 6.45) is 1.07. The Morgan fingerprint density at radius 1 is 0.485 bits per heavy atom. The summed E-state index contributed by atoms with van der Waals surface area (Å²) >= 11 is 0. The van der Waals surface area contributed by atoms with E-state index >= 15 is 0 Å². The molecule has 6 nitrogen and oxygen atoms in total. The third-order valence-corrected chi connectivity index (χ3v) is 5.12. The SMILES string of the molecule is Cc1c(NC(=O)CC(C)(C)C)c(C)c(NC(=O)CC(C)(C)C)c(C)c1NC(=O)CC(C)(C)C. The van der Waals surface area contributed by atoms with Gasteiger partial charge in [-0.15, -0.1) is 0 Å². The summed E-state index contributed by atoms with van der Waals surface area (Å²) in [5.74, 6) is -0.301. The van der Waals surface area contributed by atoms with Crippen molar-refractivity contribution in [3.05, 3.63) is 16.7 Å². The van der Waals surface area contributed by atoms with Gasteiger partial charge in [-0.3, -0.25) is 14.4 Å². The van der Waals surface area contributed by atoms with Crippen LogP contribution in [0.2, 0.25) is 0 Å². The number of benzene rings is 1. The number of rotatable bonds is 6. The molecule has 186 valence electrons. The summed E-state index contributed by atoms with van der Waals surface area (Å²) in [6.45, 7) is 23.8. The Morgan fingerprint density at radius 2 is 0.667 bits per heavy atom. The minimum absolute atomic E-state index is 0.100. The van der Waals surface area contributed by atoms with Gasteiger partial charge in [-0.25, -0.2) is 0 Å². The number of amides is 3. The van der Waals surface area contributed by atoms with Crippen molar-refractivity contribution in [2.75, 3.05) is 16.0 Å². The summed E-state index contributed by atoms with van der Waals surface area (Å²) in [6, 6.07) is 0. The van der Waals surface area contributed by atoms with E-state index in [1.807, 2.05) is 83.1 Å². The van der Waals surface area contributed by atoms with Gasteiger partial charge in [0.2, 0.25) is 17.7 Å². The highest BCUT2D eigenvalue weighted by Gasteiger charge is 2.25. The van der Waals surface area contributed by atoms with Crippen LogP contribution >= 0.6 is 0 Å². The van der Waals surface area contributed by atoms with E-state index in [1.54, 1.807) is 0 Å². The number of carbonyl (C=O) groups excluding carboxylic acids is 3. The van der Waals surface area contributed by atoms with Crippen molar-refractivity contribution in [1.82, 2.24) is 0 Å². The molecule has 0 unspecified atom stereocenters. The first-order chi connectivity index (χ1) is 14.7. The van der Waals surface area contributed by atoms with Gasteiger partial charge in [-0.05, 0) is 53.7 Å². The molecule has 0 bridgehead atoms. The van der Waals surface area contributed by atoms with Gasteiger partial charge in [0.05, 0.1) is 17.1 Å². The molecule has 0 heterocycles. The monoisotopic (exact) mass is 459 g/mol. The van der Waals surface area contributed by atoms with Crippen molar-refractivity contribution < 1.29 is 14.4 Å². The van der Waals surface area contributed by atoms with Crippen LogP contribution in [0.4, 0.5) is 17.1 Å². The van der Waals surface area contributed by atoms with Crippen LogP contribution in [0.3, 0.4) is 0 Å². The maximum absolute atomic E-state index is 12.8. The van der Waals surface area contributed by atoms with Gasteiger partial charge < -0.3 is 16.0 Å². The van der Waals surface area contributed by atoms with Crippen LogP contribution in [0.15, 0.2) is 0 Å². The Labute approximate surface area is 200 Å². The van der Waals surface area contributed by atoms with E-state index in [-0.39, 0.29) is 34.0 Å². The highest BCUT2D eigenvalue weighted by Crippen LogP contribution is 2.39. The minimum Gasteiger partial charge on any atom is -0.325 e. The normalized spacial score (nSPS) is 12.4. The largest absolute Gasteiger partial charge is 0.325 e. The fourth-order valence-electron chi connectivity index (χ4n) is 3.78. The van der Waals surface area contributed by atoms with E-state index in [9.17, 15) is 14.4 Å². The molecule has 1 aromatic rings. The van der Waals surface area contributed by atoms with Gasteiger partial charge in [-0.2, -0.15) is 0 Å². The maximum Gasteiger partial charge on any atom is 0.224 e. The Morgan fingerprint density at radius 3 is 0.818 bits per heavy atom. The molecule has 3 N–H and O–H groups in total. The highest BCUT2D eigenvalue weighted by atomic mass is 16.2. The van der Waals surface area contributed by atoms with Crippen LogP contribution in [0.1, 0.15) is 98.3 Å². The first kappa shape index (κ1) is 28.7. The van der Waals surface area contributed by atoms with E-state index < -0.39 is 0 Å². The molecule has 1 aromatic carbocycles. The van der Waals surface area contributed by atoms with E-state index in [0.717, 1.165) is 16.7 Å². The van der Waals surface area contributed by atoms with Gasteiger partial charge in [-0.1, -0.05) is 62.3 Å². The van der Waals surface area contributed by atoms with Gasteiger partial charge in [0.15, 0.2) is 0 Å². The maximum atomic E-state index is 12.8. The van der Waals surface area contributed by atoms with Crippen molar-refractivity contribution in [2.24, 2.45) is 16.2 Å². The Bertz CT molecular complexity index is 770. The smallest absolute Gasteiger partial charge is 0.224 e. The molecule has 0 spiro atoms. The van der Waals surface area contributed by atoms with Crippen molar-refractivity contribution >= 4 is 34.8 Å². The predicted octanol–water partition coefficient (Wildman–Crippen LogP) is 6.74. The number of anilines is 3. The summed E-state index contributed by atoms with van der Waals surface area (Å²) in [4.78, 5) is 38.3. The Kier molecular flexibility index (Phi) is 8.92. The lowest BCUT2D eigenvalue weighted by Gasteiger charge is -2.26. The van der Waals surface area contributed by atoms with Crippen molar-refractivity contribution in [3.8, 4) is 0 Å². The fraction of sp³-hybridized carbons (Fsp3) is 0.667. The molecule has 1 rings (SSSR count). The number of nitrogens with one attached hydrogen (secondary N) is 3. The lowest BCUT2D eigenvalue weighted by molar-refractivity contribution is -0.118. The summed E-state index contributed by atoms with van der Waals surface area (Å²) in [5, 5.41) is 9.13. The van der Waals surface area contributed by atoms with E-state index in [4.69, 9.17) is 0 Å². The van der Waals surface area contributed by atoms with Crippen LogP contribution < -0.4 is 16.0 Å². The average Bonchev–Trinajstić information content (AvgIpc) is 2.54. The second kappa shape index (κ2) is 10.3. The molecule has 0 saturated carbocycles. The Balaban J connectivity index is 3.51. The first-order valence-electron chi connectivity index (χ1n) is 11.7. The zero-order valence-corrected chi connectivity index (χ0v) is 22.8. The third kappa shape index (κ3) is 9.56. The second-order valence-corrected chi connectivity index (χ2v) is 12.9. The van der Waals surface area contributed by atoms with Gasteiger partial charge >= 0.3 is 0 Å². The lowest BCUT2D eigenvalue weighted by Crippen LogP contribution is -2.25. The molecule has 0 aliphatic rings. The summed E-state index contributed by atoms with van der Waals surface area (Å²) < 4.78 is 0. The van der Waals surface area contributed by atoms with Crippen LogP contribution in [0.5, 0.6) is 0 Å². The first-order valence-corrected chi connectivity index (χ1v) is 11.7. The zero-order valence-electron chi connectivity index (χ0n) is 22.8. The van der Waals surface area contributed by atoms with E-state index in [0.29, 0.717) is 36.3 Å². The molecular formula is C27H45N3O3. The molecule has 0 radical (unpaired) electrons. The van der Waals surface area contributed by atoms with E-state index in [2.05, 4.69) is 16.0 Å². The number of hydrogen-bond donors (Lipinski definition) is 3. The van der Waals surface area contributed by atoms with Gasteiger partial charge in [0.1, 0.15) is 0 Å². The van der Waals surface area contributed by atoms with Gasteiger partial charge in [0.25, 0.3) is 0 Å². The standard InChI is InChI=1S/C27H45N3O3/c1-16-22(28-19(31)13-25(4,5)6)17(2)24(30-21(33)15-27(10,11)12)18(3)23(16)29-20(32)14-26(7,8)9/h13-15H2,1-12H3,(H,28,31)(H,29,32)(H,30,33). The Hall–Kier alpha value is -2.37. The molecule has 3 amide bonds. The van der Waals surface area contributed by atoms with Crippen molar-refractivity contribution in [2.45, 2.75) is 102 Å². The summed E-state index contributed by atoms with van der Waals surface area (Å²) in [5.41, 5.74) is 3.75. The molecule has 0 aromatic heterocycles. The molecule has 0 aliphatic heterocycles. The second-order valence-electron chi connectivity index (χ2n) is 12.9. The topological polar surface area (TPSA) is 87.3 Å². The molecule has 0 fully saturated rings. The van der Waals surface area contributed by atoms with Crippen molar-refractivity contribution in [3.63, 3.8) is 0 Å². The van der Waals surface area contributed by atoms with Crippen LogP contribution in [0.25, 0.3) is 0 Å².